The molecule has 0 amide bonds. The average molecular weight is 800 g/mol. The third kappa shape index (κ3) is 4.84. The van der Waals surface area contributed by atoms with Gasteiger partial charge in [0.15, 0.2) is 0 Å². The van der Waals surface area contributed by atoms with Crippen LogP contribution in [0.2, 0.25) is 0 Å². The summed E-state index contributed by atoms with van der Waals surface area (Å²) >= 11 is 1.84. The number of fused-ring (bicyclic) bond motifs is 14. The monoisotopic (exact) mass is 799 g/mol. The Morgan fingerprint density at radius 3 is 1.84 bits per heavy atom. The van der Waals surface area contributed by atoms with Gasteiger partial charge in [0.05, 0.1) is 0 Å². The smallest absolute Gasteiger partial charge is 0.144 e. The number of rotatable bonds is 4. The molecule has 3 heteroatoms. The van der Waals surface area contributed by atoms with Crippen LogP contribution >= 0.6 is 11.3 Å². The van der Waals surface area contributed by atoms with E-state index in [1.165, 1.54) is 86.6 Å². The number of hydrogen-bond acceptors (Lipinski definition) is 3. The second-order valence-electron chi connectivity index (χ2n) is 18.1. The fourth-order valence-electron chi connectivity index (χ4n) is 11.1. The van der Waals surface area contributed by atoms with Crippen LogP contribution in [0, 0.1) is 0 Å². The number of furan rings is 1. The first-order valence-corrected chi connectivity index (χ1v) is 22.1. The molecule has 2 aliphatic rings. The molecule has 290 valence electrons. The Morgan fingerprint density at radius 1 is 0.426 bits per heavy atom. The quantitative estimate of drug-likeness (QED) is 0.176. The molecule has 0 saturated carbocycles. The minimum absolute atomic E-state index is 0.0977. The van der Waals surface area contributed by atoms with E-state index in [1.807, 2.05) is 11.3 Å². The van der Waals surface area contributed by atoms with Crippen molar-refractivity contribution in [1.82, 2.24) is 0 Å². The van der Waals surface area contributed by atoms with Gasteiger partial charge in [0.25, 0.3) is 0 Å². The van der Waals surface area contributed by atoms with Crippen LogP contribution < -0.4 is 4.90 Å². The summed E-state index contributed by atoms with van der Waals surface area (Å²) in [5.74, 6) is 0. The SMILES string of the molecule is CC1(C)c2ccccc2-c2ccc(N(c3ccc(-c4cccc5c4C(C)(C)c4ccccc4-5)cc3)c3ccc4sc5ccc6c7cc8ccccc8cc7oc6c5c4c3)cc21. The van der Waals surface area contributed by atoms with Crippen LogP contribution in [-0.4, -0.2) is 0 Å². The second-order valence-corrected chi connectivity index (χ2v) is 19.2. The highest BCUT2D eigenvalue weighted by Crippen LogP contribution is 2.54. The molecule has 2 aromatic heterocycles. The summed E-state index contributed by atoms with van der Waals surface area (Å²) in [7, 11) is 0. The summed E-state index contributed by atoms with van der Waals surface area (Å²) in [4.78, 5) is 2.45. The zero-order valence-electron chi connectivity index (χ0n) is 34.5. The van der Waals surface area contributed by atoms with E-state index in [0.717, 1.165) is 39.0 Å². The lowest BCUT2D eigenvalue weighted by Crippen LogP contribution is -2.16. The molecule has 0 atom stereocenters. The van der Waals surface area contributed by atoms with Crippen LogP contribution in [0.15, 0.2) is 180 Å². The number of nitrogens with zero attached hydrogens (tertiary/aromatic N) is 1. The highest BCUT2D eigenvalue weighted by Gasteiger charge is 2.38. The number of benzene rings is 9. The molecule has 13 rings (SSSR count). The molecule has 9 aromatic carbocycles. The van der Waals surface area contributed by atoms with Crippen LogP contribution in [0.3, 0.4) is 0 Å². The van der Waals surface area contributed by atoms with E-state index in [4.69, 9.17) is 4.42 Å². The van der Waals surface area contributed by atoms with Gasteiger partial charge in [-0.25, -0.2) is 0 Å². The lowest BCUT2D eigenvalue weighted by Gasteiger charge is -2.28. The van der Waals surface area contributed by atoms with Crippen molar-refractivity contribution in [3.05, 3.63) is 198 Å². The van der Waals surface area contributed by atoms with Crippen molar-refractivity contribution in [2.75, 3.05) is 4.90 Å². The standard InChI is InChI=1S/C58H41NOS/c1-57(2)48-18-9-7-14-41(48)43-26-24-39(33-50(43)57)59(37-22-20-34(21-23-37)40-16-11-17-44-42-15-8-10-19-49(42)58(3,4)55(40)44)38-25-28-52-47(32-38)54-53(61-52)29-27-45-46-30-35-12-5-6-13-36(35)31-51(46)60-56(45)54/h5-33H,1-4H3. The van der Waals surface area contributed by atoms with Crippen LogP contribution in [-0.2, 0) is 10.8 Å². The summed E-state index contributed by atoms with van der Waals surface area (Å²) in [5.41, 5.74) is 18.4. The molecule has 0 N–H and O–H groups in total. The van der Waals surface area contributed by atoms with Gasteiger partial charge in [0, 0.05) is 58.8 Å². The molecule has 0 aliphatic heterocycles. The van der Waals surface area contributed by atoms with Crippen molar-refractivity contribution in [2.45, 2.75) is 38.5 Å². The summed E-state index contributed by atoms with van der Waals surface area (Å²) < 4.78 is 9.31. The Kier molecular flexibility index (Phi) is 7.04. The first-order chi connectivity index (χ1) is 29.7. The van der Waals surface area contributed by atoms with Gasteiger partial charge in [-0.1, -0.05) is 137 Å². The number of thiophene rings is 1. The highest BCUT2D eigenvalue weighted by atomic mass is 32.1. The van der Waals surface area contributed by atoms with E-state index in [2.05, 4.69) is 209 Å². The molecule has 2 aliphatic carbocycles. The second kappa shape index (κ2) is 12.3. The van der Waals surface area contributed by atoms with Crippen LogP contribution in [0.1, 0.15) is 49.9 Å². The minimum Gasteiger partial charge on any atom is -0.455 e. The lowest BCUT2D eigenvalue weighted by atomic mass is 9.79. The molecular formula is C58H41NOS. The van der Waals surface area contributed by atoms with Crippen molar-refractivity contribution in [3.63, 3.8) is 0 Å². The van der Waals surface area contributed by atoms with Crippen molar-refractivity contribution < 1.29 is 4.42 Å². The van der Waals surface area contributed by atoms with E-state index in [-0.39, 0.29) is 10.8 Å². The van der Waals surface area contributed by atoms with E-state index < -0.39 is 0 Å². The average Bonchev–Trinajstić information content (AvgIpc) is 3.98. The topological polar surface area (TPSA) is 16.4 Å². The predicted octanol–water partition coefficient (Wildman–Crippen LogP) is 16.9. The van der Waals surface area contributed by atoms with E-state index >= 15 is 0 Å². The zero-order chi connectivity index (χ0) is 40.8. The van der Waals surface area contributed by atoms with E-state index in [0.29, 0.717) is 0 Å². The maximum atomic E-state index is 6.83. The Bertz CT molecular complexity index is 3650. The third-order valence-corrected chi connectivity index (χ3v) is 15.2. The summed E-state index contributed by atoms with van der Waals surface area (Å²) in [6.07, 6.45) is 0. The largest absolute Gasteiger partial charge is 0.455 e. The normalized spacial score (nSPS) is 14.5. The first-order valence-electron chi connectivity index (χ1n) is 21.3. The van der Waals surface area contributed by atoms with E-state index in [9.17, 15) is 0 Å². The van der Waals surface area contributed by atoms with Gasteiger partial charge in [0.1, 0.15) is 11.2 Å². The van der Waals surface area contributed by atoms with Gasteiger partial charge in [0.2, 0.25) is 0 Å². The Hall–Kier alpha value is -6.94. The van der Waals surface area contributed by atoms with Crippen molar-refractivity contribution >= 4 is 81.3 Å². The summed E-state index contributed by atoms with van der Waals surface area (Å²) in [6, 6.07) is 65.5. The molecule has 61 heavy (non-hydrogen) atoms. The van der Waals surface area contributed by atoms with Crippen LogP contribution in [0.25, 0.3) is 86.3 Å². The van der Waals surface area contributed by atoms with Gasteiger partial charge in [-0.3, -0.25) is 0 Å². The van der Waals surface area contributed by atoms with Crippen LogP contribution in [0.4, 0.5) is 17.1 Å². The Labute approximate surface area is 358 Å². The molecule has 2 heterocycles. The molecule has 11 aromatic rings. The number of anilines is 3. The molecule has 0 radical (unpaired) electrons. The molecule has 0 saturated heterocycles. The van der Waals surface area contributed by atoms with Crippen LogP contribution in [0.5, 0.6) is 0 Å². The summed E-state index contributed by atoms with van der Waals surface area (Å²) in [5, 5.41) is 7.13. The van der Waals surface area contributed by atoms with Gasteiger partial charge in [-0.2, -0.15) is 0 Å². The fourth-order valence-corrected chi connectivity index (χ4v) is 12.1. The minimum atomic E-state index is -0.124. The van der Waals surface area contributed by atoms with Crippen molar-refractivity contribution in [3.8, 4) is 33.4 Å². The summed E-state index contributed by atoms with van der Waals surface area (Å²) in [6.45, 7) is 9.47. The van der Waals surface area contributed by atoms with Crippen molar-refractivity contribution in [1.29, 1.82) is 0 Å². The van der Waals surface area contributed by atoms with E-state index in [1.54, 1.807) is 0 Å². The molecule has 0 spiro atoms. The molecule has 0 bridgehead atoms. The molecular weight excluding hydrogens is 759 g/mol. The fraction of sp³-hybridized carbons (Fsp3) is 0.103. The maximum absolute atomic E-state index is 6.83. The van der Waals surface area contributed by atoms with Gasteiger partial charge >= 0.3 is 0 Å². The predicted molar refractivity (Wildman–Crippen MR) is 259 cm³/mol. The maximum Gasteiger partial charge on any atom is 0.144 e. The zero-order valence-corrected chi connectivity index (χ0v) is 35.3. The lowest BCUT2D eigenvalue weighted by molar-refractivity contribution is 0.660. The third-order valence-electron chi connectivity index (χ3n) is 14.0. The van der Waals surface area contributed by atoms with Gasteiger partial charge in [-0.15, -0.1) is 11.3 Å². The highest BCUT2D eigenvalue weighted by molar-refractivity contribution is 7.26. The Morgan fingerprint density at radius 2 is 1.03 bits per heavy atom. The van der Waals surface area contributed by atoms with Crippen molar-refractivity contribution in [2.24, 2.45) is 0 Å². The molecule has 2 nitrogen and oxygen atoms in total. The first kappa shape index (κ1) is 34.9. The Balaban J connectivity index is 1.000. The van der Waals surface area contributed by atoms with Gasteiger partial charge in [-0.05, 0) is 133 Å². The number of hydrogen-bond donors (Lipinski definition) is 0. The van der Waals surface area contributed by atoms with Gasteiger partial charge < -0.3 is 9.32 Å². The molecule has 0 unspecified atom stereocenters. The molecule has 0 fully saturated rings.